The summed E-state index contributed by atoms with van der Waals surface area (Å²) >= 11 is 0. The molecule has 0 N–H and O–H groups in total. The van der Waals surface area contributed by atoms with Gasteiger partial charge in [0.1, 0.15) is 0 Å². The minimum Gasteiger partial charge on any atom is -0.325 e. The van der Waals surface area contributed by atoms with Gasteiger partial charge in [0, 0.05) is 11.6 Å². The van der Waals surface area contributed by atoms with E-state index >= 15 is 0 Å². The lowest BCUT2D eigenvalue weighted by Crippen LogP contribution is -2.54. The SMILES string of the molecule is C=C1C(=O)N(C2CCCCC2)C1c1ccccc1. The summed E-state index contributed by atoms with van der Waals surface area (Å²) < 4.78 is 0. The molecule has 1 aromatic carbocycles. The Morgan fingerprint density at radius 1 is 1.06 bits per heavy atom. The first kappa shape index (κ1) is 11.5. The number of nitrogens with zero attached hydrogens (tertiary/aromatic N) is 1. The third-order valence-corrected chi connectivity index (χ3v) is 4.20. The first-order chi connectivity index (χ1) is 8.79. The van der Waals surface area contributed by atoms with Crippen molar-refractivity contribution in [3.05, 3.63) is 48.0 Å². The lowest BCUT2D eigenvalue weighted by molar-refractivity contribution is -0.141. The molecule has 1 unspecified atom stereocenters. The minimum atomic E-state index is 0.127. The second kappa shape index (κ2) is 4.60. The first-order valence-electron chi connectivity index (χ1n) is 6.85. The number of hydrogen-bond acceptors (Lipinski definition) is 1. The van der Waals surface area contributed by atoms with Gasteiger partial charge in [0.05, 0.1) is 6.04 Å². The molecule has 0 aromatic heterocycles. The van der Waals surface area contributed by atoms with E-state index < -0.39 is 0 Å². The average Bonchev–Trinajstić information content (AvgIpc) is 2.45. The Labute approximate surface area is 108 Å². The summed E-state index contributed by atoms with van der Waals surface area (Å²) in [6.45, 7) is 3.95. The Morgan fingerprint density at radius 3 is 2.39 bits per heavy atom. The van der Waals surface area contributed by atoms with Crippen LogP contribution in [0.15, 0.2) is 42.5 Å². The molecule has 1 heterocycles. The highest BCUT2D eigenvalue weighted by molar-refractivity contribution is 6.01. The molecule has 0 spiro atoms. The van der Waals surface area contributed by atoms with Gasteiger partial charge in [0.15, 0.2) is 0 Å². The van der Waals surface area contributed by atoms with Crippen LogP contribution in [-0.2, 0) is 4.79 Å². The fourth-order valence-electron chi connectivity index (χ4n) is 3.23. The smallest absolute Gasteiger partial charge is 0.252 e. The van der Waals surface area contributed by atoms with Crippen LogP contribution in [0, 0.1) is 0 Å². The summed E-state index contributed by atoms with van der Waals surface area (Å²) in [4.78, 5) is 14.1. The highest BCUT2D eigenvalue weighted by Gasteiger charge is 2.45. The van der Waals surface area contributed by atoms with Crippen molar-refractivity contribution in [2.24, 2.45) is 0 Å². The largest absolute Gasteiger partial charge is 0.325 e. The number of carbonyl (C=O) groups is 1. The molecular weight excluding hydrogens is 222 g/mol. The standard InChI is InChI=1S/C16H19NO/c1-12-15(13-8-4-2-5-9-13)17(16(12)18)14-10-6-3-7-11-14/h2,4-5,8-9,14-15H,1,3,6-7,10-11H2. The van der Waals surface area contributed by atoms with Crippen molar-refractivity contribution in [2.45, 2.75) is 44.2 Å². The summed E-state index contributed by atoms with van der Waals surface area (Å²) in [5.41, 5.74) is 1.96. The van der Waals surface area contributed by atoms with Crippen LogP contribution in [0.25, 0.3) is 0 Å². The fraction of sp³-hybridized carbons (Fsp3) is 0.438. The van der Waals surface area contributed by atoms with E-state index in [0.29, 0.717) is 6.04 Å². The molecule has 1 amide bonds. The maximum atomic E-state index is 12.1. The second-order valence-corrected chi connectivity index (χ2v) is 5.34. The number of carbonyl (C=O) groups excluding carboxylic acids is 1. The minimum absolute atomic E-state index is 0.127. The van der Waals surface area contributed by atoms with Crippen molar-refractivity contribution in [1.82, 2.24) is 4.90 Å². The number of β-lactam (4-membered cyclic amide) rings is 1. The van der Waals surface area contributed by atoms with Gasteiger partial charge >= 0.3 is 0 Å². The van der Waals surface area contributed by atoms with Crippen LogP contribution < -0.4 is 0 Å². The number of rotatable bonds is 2. The normalized spacial score (nSPS) is 25.1. The number of benzene rings is 1. The van der Waals surface area contributed by atoms with Crippen LogP contribution in [0.3, 0.4) is 0 Å². The monoisotopic (exact) mass is 241 g/mol. The van der Waals surface area contributed by atoms with E-state index in [1.54, 1.807) is 0 Å². The number of hydrogen-bond donors (Lipinski definition) is 0. The average molecular weight is 241 g/mol. The summed E-state index contributed by atoms with van der Waals surface area (Å²) in [5, 5.41) is 0. The second-order valence-electron chi connectivity index (χ2n) is 5.34. The Balaban J connectivity index is 1.84. The van der Waals surface area contributed by atoms with E-state index in [2.05, 4.69) is 23.6 Å². The number of likely N-dealkylation sites (tertiary alicyclic amines) is 1. The topological polar surface area (TPSA) is 20.3 Å². The molecule has 2 fully saturated rings. The van der Waals surface area contributed by atoms with E-state index in [9.17, 15) is 4.79 Å². The first-order valence-corrected chi connectivity index (χ1v) is 6.85. The molecule has 0 radical (unpaired) electrons. The summed E-state index contributed by atoms with van der Waals surface area (Å²) in [6, 6.07) is 10.8. The molecule has 1 saturated heterocycles. The lowest BCUT2D eigenvalue weighted by atomic mass is 9.83. The molecule has 94 valence electrons. The Hall–Kier alpha value is -1.57. The van der Waals surface area contributed by atoms with Crippen LogP contribution in [0.4, 0.5) is 0 Å². The molecule has 18 heavy (non-hydrogen) atoms. The highest BCUT2D eigenvalue weighted by Crippen LogP contribution is 2.42. The van der Waals surface area contributed by atoms with Gasteiger partial charge in [0.25, 0.3) is 5.91 Å². The van der Waals surface area contributed by atoms with Gasteiger partial charge < -0.3 is 4.90 Å². The van der Waals surface area contributed by atoms with Gasteiger partial charge in [0.2, 0.25) is 0 Å². The fourth-order valence-corrected chi connectivity index (χ4v) is 3.23. The van der Waals surface area contributed by atoms with Gasteiger partial charge in [-0.05, 0) is 18.4 Å². The number of amides is 1. The van der Waals surface area contributed by atoms with Crippen molar-refractivity contribution in [3.63, 3.8) is 0 Å². The van der Waals surface area contributed by atoms with Crippen LogP contribution in [-0.4, -0.2) is 16.8 Å². The van der Waals surface area contributed by atoms with E-state index in [1.807, 2.05) is 18.2 Å². The van der Waals surface area contributed by atoms with Crippen LogP contribution in [0.5, 0.6) is 0 Å². The molecule has 3 rings (SSSR count). The Morgan fingerprint density at radius 2 is 1.72 bits per heavy atom. The summed E-state index contributed by atoms with van der Waals surface area (Å²) in [5.74, 6) is 0.163. The molecule has 1 aliphatic carbocycles. The maximum absolute atomic E-state index is 12.1. The molecule has 1 aliphatic heterocycles. The quantitative estimate of drug-likeness (QED) is 0.573. The molecule has 1 saturated carbocycles. The molecule has 2 heteroatoms. The summed E-state index contributed by atoms with van der Waals surface area (Å²) in [6.07, 6.45) is 6.13. The lowest BCUT2D eigenvalue weighted by Gasteiger charge is -2.48. The van der Waals surface area contributed by atoms with E-state index in [1.165, 1.54) is 24.8 Å². The zero-order chi connectivity index (χ0) is 12.5. The molecule has 2 nitrogen and oxygen atoms in total. The summed E-state index contributed by atoms with van der Waals surface area (Å²) in [7, 11) is 0. The molecule has 2 aliphatic rings. The van der Waals surface area contributed by atoms with Crippen molar-refractivity contribution < 1.29 is 4.79 Å². The van der Waals surface area contributed by atoms with Crippen molar-refractivity contribution >= 4 is 5.91 Å². The predicted octanol–water partition coefficient (Wildman–Crippen LogP) is 3.46. The molecular formula is C16H19NO. The van der Waals surface area contributed by atoms with Crippen molar-refractivity contribution in [3.8, 4) is 0 Å². The van der Waals surface area contributed by atoms with Gasteiger partial charge in [-0.3, -0.25) is 4.79 Å². The Bertz CT molecular complexity index is 459. The molecule has 0 bridgehead atoms. The Kier molecular flexibility index (Phi) is 2.94. The van der Waals surface area contributed by atoms with Crippen LogP contribution >= 0.6 is 0 Å². The third kappa shape index (κ3) is 1.76. The van der Waals surface area contributed by atoms with Gasteiger partial charge in [-0.1, -0.05) is 56.2 Å². The van der Waals surface area contributed by atoms with Crippen LogP contribution in [0.2, 0.25) is 0 Å². The van der Waals surface area contributed by atoms with Gasteiger partial charge in [-0.25, -0.2) is 0 Å². The van der Waals surface area contributed by atoms with Gasteiger partial charge in [-0.15, -0.1) is 0 Å². The van der Waals surface area contributed by atoms with E-state index in [4.69, 9.17) is 0 Å². The predicted molar refractivity (Wildman–Crippen MR) is 72.0 cm³/mol. The van der Waals surface area contributed by atoms with Crippen molar-refractivity contribution in [1.29, 1.82) is 0 Å². The van der Waals surface area contributed by atoms with E-state index in [0.717, 1.165) is 18.4 Å². The highest BCUT2D eigenvalue weighted by atomic mass is 16.2. The maximum Gasteiger partial charge on any atom is 0.252 e. The van der Waals surface area contributed by atoms with Crippen LogP contribution in [0.1, 0.15) is 43.7 Å². The van der Waals surface area contributed by atoms with E-state index in [-0.39, 0.29) is 11.9 Å². The zero-order valence-electron chi connectivity index (χ0n) is 10.6. The van der Waals surface area contributed by atoms with Crippen molar-refractivity contribution in [2.75, 3.05) is 0 Å². The molecule has 1 atom stereocenters. The molecule has 1 aromatic rings. The van der Waals surface area contributed by atoms with Gasteiger partial charge in [-0.2, -0.15) is 0 Å². The zero-order valence-corrected chi connectivity index (χ0v) is 10.6. The third-order valence-electron chi connectivity index (χ3n) is 4.20.